The van der Waals surface area contributed by atoms with Gasteiger partial charge in [-0.05, 0) is 18.6 Å². The zero-order chi connectivity index (χ0) is 10.8. The Morgan fingerprint density at radius 2 is 1.79 bits per heavy atom. The molecule has 0 aromatic rings. The minimum atomic E-state index is 0.451. The third kappa shape index (κ3) is 7.56. The summed E-state index contributed by atoms with van der Waals surface area (Å²) in [5.41, 5.74) is 5.24. The largest absolute Gasteiger partial charge is 0.364 e. The van der Waals surface area contributed by atoms with E-state index in [-0.39, 0.29) is 0 Å². The Bertz CT molecular complexity index is 222. The molecule has 14 heavy (non-hydrogen) atoms. The average molecular weight is 231 g/mol. The second-order valence-electron chi connectivity index (χ2n) is 2.14. The highest BCUT2D eigenvalue weighted by molar-refractivity contribution is 7.80. The molecule has 0 heterocycles. The fourth-order valence-corrected chi connectivity index (χ4v) is 0.512. The highest BCUT2D eigenvalue weighted by Crippen LogP contribution is 1.77. The van der Waals surface area contributed by atoms with E-state index in [1.165, 1.54) is 12.4 Å². The van der Waals surface area contributed by atoms with Crippen LogP contribution >= 0.6 is 24.4 Å². The minimum absolute atomic E-state index is 0.451. The lowest BCUT2D eigenvalue weighted by molar-refractivity contribution is 0.982. The van der Waals surface area contributed by atoms with Gasteiger partial charge in [0.15, 0.2) is 5.11 Å². The maximum absolute atomic E-state index is 4.88. The lowest BCUT2D eigenvalue weighted by Crippen LogP contribution is -2.28. The maximum Gasteiger partial charge on any atom is 0.186 e. The fraction of sp³-hybridized carbons (Fsp3) is 0.429. The Balaban J connectivity index is 3.60. The molecule has 0 unspecified atom stereocenters. The molecular formula is C7H13N5S2. The van der Waals surface area contributed by atoms with E-state index in [9.17, 15) is 0 Å². The number of hydrazone groups is 2. The Hall–Kier alpha value is -1.08. The van der Waals surface area contributed by atoms with Gasteiger partial charge in [-0.1, -0.05) is 19.1 Å². The molecule has 78 valence electrons. The van der Waals surface area contributed by atoms with Gasteiger partial charge in [0.1, 0.15) is 0 Å². The molecule has 7 heteroatoms. The minimum Gasteiger partial charge on any atom is -0.364 e. The molecule has 3 N–H and O–H groups in total. The van der Waals surface area contributed by atoms with E-state index < -0.39 is 0 Å². The third-order valence-electron chi connectivity index (χ3n) is 1.12. The van der Waals surface area contributed by atoms with Gasteiger partial charge in [-0.15, -0.1) is 0 Å². The average Bonchev–Trinajstić information content (AvgIpc) is 2.22. The number of hydrogen-bond acceptors (Lipinski definition) is 4. The molecule has 0 spiro atoms. The zero-order valence-electron chi connectivity index (χ0n) is 8.07. The van der Waals surface area contributed by atoms with Crippen LogP contribution in [0.2, 0.25) is 0 Å². The first-order chi connectivity index (χ1) is 6.70. The topological polar surface area (TPSA) is 60.8 Å². The van der Waals surface area contributed by atoms with Gasteiger partial charge in [-0.2, -0.15) is 10.2 Å². The first-order valence-corrected chi connectivity index (χ1v) is 4.83. The third-order valence-corrected chi connectivity index (χ3v) is 1.79. The fourth-order valence-electron chi connectivity index (χ4n) is 0.407. The van der Waals surface area contributed by atoms with Crippen LogP contribution in [0, 0.1) is 0 Å². The number of nitrogens with zero attached hydrogens (tertiary/aromatic N) is 2. The van der Waals surface area contributed by atoms with Crippen LogP contribution in [0.15, 0.2) is 10.2 Å². The van der Waals surface area contributed by atoms with Gasteiger partial charge in [0.2, 0.25) is 0 Å². The summed E-state index contributed by atoms with van der Waals surface area (Å²) in [6, 6.07) is 0. The first kappa shape index (κ1) is 12.9. The number of hydrogen-bond donors (Lipinski definition) is 3. The van der Waals surface area contributed by atoms with Crippen molar-refractivity contribution in [2.75, 3.05) is 7.05 Å². The van der Waals surface area contributed by atoms with E-state index in [0.29, 0.717) is 10.1 Å². The molecular weight excluding hydrogens is 218 g/mol. The number of nitrogens with one attached hydrogen (secondary N) is 3. The summed E-state index contributed by atoms with van der Waals surface area (Å²) in [5.74, 6) is 0. The van der Waals surface area contributed by atoms with E-state index in [4.69, 9.17) is 24.4 Å². The maximum atomic E-state index is 4.88. The second kappa shape index (κ2) is 8.52. The van der Waals surface area contributed by atoms with Crippen molar-refractivity contribution in [3.8, 4) is 0 Å². The summed E-state index contributed by atoms with van der Waals surface area (Å²) in [7, 11) is 1.71. The molecule has 0 saturated carbocycles. The van der Waals surface area contributed by atoms with Crippen molar-refractivity contribution in [2.24, 2.45) is 10.2 Å². The van der Waals surface area contributed by atoms with Gasteiger partial charge in [0.25, 0.3) is 0 Å². The molecule has 0 bridgehead atoms. The van der Waals surface area contributed by atoms with Crippen LogP contribution in [-0.2, 0) is 0 Å². The molecule has 0 aliphatic heterocycles. The molecule has 0 atom stereocenters. The van der Waals surface area contributed by atoms with Crippen LogP contribution in [-0.4, -0.2) is 29.6 Å². The lowest BCUT2D eigenvalue weighted by atomic mass is 10.5. The standard InChI is InChI=1S/C7H13N5S2/c1-3-6(13)11-9-4-5-10-12-7(14)8-2/h4-5H,3H2,1-2H3,(H,11,13)(H2,8,12,14)/b9-4+,10-5+. The molecule has 0 aromatic carbocycles. The van der Waals surface area contributed by atoms with Gasteiger partial charge in [0.05, 0.1) is 17.4 Å². The van der Waals surface area contributed by atoms with E-state index in [1.54, 1.807) is 7.05 Å². The smallest absolute Gasteiger partial charge is 0.186 e. The summed E-state index contributed by atoms with van der Waals surface area (Å²) >= 11 is 9.65. The predicted octanol–water partition coefficient (Wildman–Crippen LogP) is 0.379. The van der Waals surface area contributed by atoms with Crippen molar-refractivity contribution in [1.82, 2.24) is 16.2 Å². The van der Waals surface area contributed by atoms with Crippen molar-refractivity contribution >= 4 is 47.0 Å². The SMILES string of the molecule is CCC(=S)N/N=C/C=N/NC(=S)NC. The van der Waals surface area contributed by atoms with Crippen LogP contribution in [0.25, 0.3) is 0 Å². The van der Waals surface area contributed by atoms with Gasteiger partial charge < -0.3 is 5.32 Å². The normalized spacial score (nSPS) is 10.4. The van der Waals surface area contributed by atoms with Crippen molar-refractivity contribution in [3.63, 3.8) is 0 Å². The van der Waals surface area contributed by atoms with Crippen LogP contribution in [0.1, 0.15) is 13.3 Å². The van der Waals surface area contributed by atoms with E-state index in [2.05, 4.69) is 26.4 Å². The highest BCUT2D eigenvalue weighted by atomic mass is 32.1. The van der Waals surface area contributed by atoms with Gasteiger partial charge in [0, 0.05) is 7.05 Å². The first-order valence-electron chi connectivity index (χ1n) is 4.02. The van der Waals surface area contributed by atoms with Crippen molar-refractivity contribution in [1.29, 1.82) is 0 Å². The van der Waals surface area contributed by atoms with Gasteiger partial charge >= 0.3 is 0 Å². The van der Waals surface area contributed by atoms with Crippen molar-refractivity contribution < 1.29 is 0 Å². The summed E-state index contributed by atoms with van der Waals surface area (Å²) in [5, 5.41) is 10.7. The molecule has 0 radical (unpaired) electrons. The molecule has 0 rings (SSSR count). The summed E-state index contributed by atoms with van der Waals surface area (Å²) in [6.45, 7) is 1.95. The molecule has 0 amide bonds. The summed E-state index contributed by atoms with van der Waals surface area (Å²) in [4.78, 5) is 0.688. The van der Waals surface area contributed by atoms with E-state index >= 15 is 0 Å². The Kier molecular flexibility index (Phi) is 7.86. The van der Waals surface area contributed by atoms with E-state index in [0.717, 1.165) is 6.42 Å². The highest BCUT2D eigenvalue weighted by Gasteiger charge is 1.84. The molecule has 0 aliphatic carbocycles. The van der Waals surface area contributed by atoms with Crippen molar-refractivity contribution in [2.45, 2.75) is 13.3 Å². The van der Waals surface area contributed by atoms with Crippen LogP contribution in [0.5, 0.6) is 0 Å². The summed E-state index contributed by atoms with van der Waals surface area (Å²) in [6.07, 6.45) is 3.72. The van der Waals surface area contributed by atoms with Crippen LogP contribution in [0.3, 0.4) is 0 Å². The molecule has 0 fully saturated rings. The Morgan fingerprint density at radius 3 is 2.29 bits per heavy atom. The van der Waals surface area contributed by atoms with E-state index in [1.807, 2.05) is 6.92 Å². The Labute approximate surface area is 94.0 Å². The van der Waals surface area contributed by atoms with Gasteiger partial charge in [-0.25, -0.2) is 0 Å². The zero-order valence-corrected chi connectivity index (χ0v) is 9.71. The molecule has 5 nitrogen and oxygen atoms in total. The van der Waals surface area contributed by atoms with Crippen LogP contribution < -0.4 is 16.2 Å². The molecule has 0 aliphatic rings. The van der Waals surface area contributed by atoms with Crippen molar-refractivity contribution in [3.05, 3.63) is 0 Å². The lowest BCUT2D eigenvalue weighted by Gasteiger charge is -1.98. The summed E-state index contributed by atoms with van der Waals surface area (Å²) < 4.78 is 0. The second-order valence-corrected chi connectivity index (χ2v) is 3.04. The quantitative estimate of drug-likeness (QED) is 0.371. The Morgan fingerprint density at radius 1 is 1.21 bits per heavy atom. The number of thiocarbonyl (C=S) groups is 2. The predicted molar refractivity (Wildman–Crippen MR) is 67.8 cm³/mol. The van der Waals surface area contributed by atoms with Crippen LogP contribution in [0.4, 0.5) is 0 Å². The number of rotatable bonds is 4. The molecule has 0 aromatic heterocycles. The molecule has 0 saturated heterocycles. The van der Waals surface area contributed by atoms with Gasteiger partial charge in [-0.3, -0.25) is 10.9 Å². The monoisotopic (exact) mass is 231 g/mol.